The average Bonchev–Trinajstić information content (AvgIpc) is 1.52. The third-order valence-electron chi connectivity index (χ3n) is 1.23. The Morgan fingerprint density at radius 2 is 1.58 bits per heavy atom. The number of hydrogen-bond acceptors (Lipinski definition) is 1. The van der Waals surface area contributed by atoms with Gasteiger partial charge in [-0.3, -0.25) is 0 Å². The van der Waals surface area contributed by atoms with Gasteiger partial charge in [0.05, 0.1) is 0 Å². The van der Waals surface area contributed by atoms with Crippen LogP contribution >= 0.6 is 31.8 Å². The van der Waals surface area contributed by atoms with Crippen LogP contribution in [0.3, 0.4) is 0 Å². The zero-order valence-electron chi connectivity index (χ0n) is 8.65. The first-order valence-corrected chi connectivity index (χ1v) is 12.1. The molecule has 0 N–H and O–H groups in total. The lowest BCUT2D eigenvalue weighted by atomic mass is 10.3. The molecule has 0 aromatic rings. The van der Waals surface area contributed by atoms with E-state index in [-0.39, 0.29) is 5.16 Å². The molecular formula is C7H18BrClNPSi. The second kappa shape index (κ2) is 3.76. The molecule has 1 unspecified atom stereocenters. The average molecular weight is 291 g/mol. The highest BCUT2D eigenvalue weighted by Crippen LogP contribution is 2.72. The maximum absolute atomic E-state index is 6.39. The highest BCUT2D eigenvalue weighted by Gasteiger charge is 2.31. The van der Waals surface area contributed by atoms with Crippen LogP contribution in [0.15, 0.2) is 4.41 Å². The summed E-state index contributed by atoms with van der Waals surface area (Å²) in [6.45, 7) is 13.0. The van der Waals surface area contributed by atoms with Crippen molar-refractivity contribution in [2.45, 2.75) is 45.6 Å². The van der Waals surface area contributed by atoms with Gasteiger partial charge in [0, 0.05) is 5.16 Å². The molecule has 0 aliphatic carbocycles. The van der Waals surface area contributed by atoms with Crippen LogP contribution in [0.5, 0.6) is 0 Å². The molecule has 0 radical (unpaired) electrons. The Balaban J connectivity index is 4.99. The van der Waals surface area contributed by atoms with Gasteiger partial charge >= 0.3 is 0 Å². The summed E-state index contributed by atoms with van der Waals surface area (Å²) in [5.74, 6) is 0. The summed E-state index contributed by atoms with van der Waals surface area (Å²) in [6.07, 6.45) is 0. The highest BCUT2D eigenvalue weighted by atomic mass is 79.9. The van der Waals surface area contributed by atoms with Crippen molar-refractivity contribution in [2.75, 3.05) is 0 Å². The van der Waals surface area contributed by atoms with E-state index in [0.717, 1.165) is 0 Å². The highest BCUT2D eigenvalue weighted by molar-refractivity contribution is 9.43. The monoisotopic (exact) mass is 289 g/mol. The van der Waals surface area contributed by atoms with E-state index in [0.29, 0.717) is 0 Å². The van der Waals surface area contributed by atoms with Crippen LogP contribution in [0.25, 0.3) is 0 Å². The molecule has 0 rings (SSSR count). The van der Waals surface area contributed by atoms with Crippen LogP contribution in [-0.4, -0.2) is 13.4 Å². The number of nitrogens with zero attached hydrogens (tertiary/aromatic N) is 1. The van der Waals surface area contributed by atoms with Gasteiger partial charge in [0.25, 0.3) is 0 Å². The fraction of sp³-hybridized carbons (Fsp3) is 1.00. The number of rotatable bonds is 1. The molecular weight excluding hydrogens is 273 g/mol. The molecule has 1 atom stereocenters. The molecule has 0 heterocycles. The minimum Gasteiger partial charge on any atom is -0.315 e. The predicted molar refractivity (Wildman–Crippen MR) is 67.2 cm³/mol. The molecule has 0 aliphatic rings. The Hall–Kier alpha value is 1.22. The molecule has 0 aromatic carbocycles. The van der Waals surface area contributed by atoms with Gasteiger partial charge in [-0.05, 0) is 15.5 Å². The lowest BCUT2D eigenvalue weighted by Crippen LogP contribution is -2.18. The third-order valence-corrected chi connectivity index (χ3v) is 13.1. The third kappa shape index (κ3) is 4.45. The topological polar surface area (TPSA) is 12.4 Å². The van der Waals surface area contributed by atoms with Crippen molar-refractivity contribution in [3.05, 3.63) is 0 Å². The number of hydrogen-bond donors (Lipinski definition) is 0. The van der Waals surface area contributed by atoms with Gasteiger partial charge in [0.1, 0.15) is 5.11 Å². The largest absolute Gasteiger partial charge is 0.315 e. The van der Waals surface area contributed by atoms with Gasteiger partial charge in [-0.15, -0.1) is 0 Å². The summed E-state index contributed by atoms with van der Waals surface area (Å²) in [5.41, 5.74) is 0. The minimum atomic E-state index is -1.78. The van der Waals surface area contributed by atoms with Crippen molar-refractivity contribution in [2.24, 2.45) is 4.41 Å². The van der Waals surface area contributed by atoms with E-state index in [1.807, 2.05) is 0 Å². The van der Waals surface area contributed by atoms with Crippen LogP contribution in [0.4, 0.5) is 0 Å². The normalized spacial score (nSPS) is 18.7. The van der Waals surface area contributed by atoms with Crippen LogP contribution in [0.1, 0.15) is 20.8 Å². The standard InChI is InChI=1S/C7H18BrClNPSi/c1-7(2,3)11(8,9)10-12(4,5)6/h1-6H3. The van der Waals surface area contributed by atoms with Gasteiger partial charge < -0.3 is 4.41 Å². The van der Waals surface area contributed by atoms with E-state index < -0.39 is 13.3 Å². The Labute approximate surface area is 90.0 Å². The first-order valence-electron chi connectivity index (χ1n) is 3.99. The predicted octanol–water partition coefficient (Wildman–Crippen LogP) is 5.28. The summed E-state index contributed by atoms with van der Waals surface area (Å²) >= 11 is 9.98. The van der Waals surface area contributed by atoms with Gasteiger partial charge in [0.2, 0.25) is 0 Å². The molecule has 12 heavy (non-hydrogen) atoms. The summed E-state index contributed by atoms with van der Waals surface area (Å²) in [5, 5.41) is -1.71. The van der Waals surface area contributed by atoms with Crippen molar-refractivity contribution in [1.82, 2.24) is 0 Å². The van der Waals surface area contributed by atoms with Crippen molar-refractivity contribution < 1.29 is 0 Å². The van der Waals surface area contributed by atoms with Gasteiger partial charge in [-0.2, -0.15) is 0 Å². The maximum atomic E-state index is 6.39. The minimum absolute atomic E-state index is 0.0643. The molecule has 0 bridgehead atoms. The van der Waals surface area contributed by atoms with Gasteiger partial charge in [-0.1, -0.05) is 51.7 Å². The van der Waals surface area contributed by atoms with E-state index in [1.54, 1.807) is 0 Å². The van der Waals surface area contributed by atoms with E-state index in [4.69, 9.17) is 15.7 Å². The Bertz CT molecular complexity index is 210. The fourth-order valence-corrected chi connectivity index (χ4v) is 11.1. The van der Waals surface area contributed by atoms with Crippen molar-refractivity contribution in [3.63, 3.8) is 0 Å². The number of halogens is 2. The smallest absolute Gasteiger partial charge is 0.173 e. The summed E-state index contributed by atoms with van der Waals surface area (Å²) in [4.78, 5) is 0. The van der Waals surface area contributed by atoms with E-state index in [1.165, 1.54) is 0 Å². The molecule has 0 fully saturated rings. The first kappa shape index (κ1) is 13.2. The van der Waals surface area contributed by atoms with Crippen molar-refractivity contribution in [3.8, 4) is 0 Å². The molecule has 0 saturated heterocycles. The Morgan fingerprint density at radius 3 is 1.67 bits per heavy atom. The summed E-state index contributed by atoms with van der Waals surface area (Å²) in [7, 11) is -1.41. The second-order valence-electron chi connectivity index (χ2n) is 4.93. The van der Waals surface area contributed by atoms with E-state index in [2.05, 4.69) is 55.9 Å². The zero-order chi connectivity index (χ0) is 10.2. The van der Waals surface area contributed by atoms with Crippen LogP contribution in [-0.2, 0) is 0 Å². The van der Waals surface area contributed by atoms with Crippen molar-refractivity contribution >= 4 is 40.1 Å². The molecule has 74 valence electrons. The summed E-state index contributed by atoms with van der Waals surface area (Å²) in [6, 6.07) is 0. The Morgan fingerprint density at radius 1 is 1.25 bits per heavy atom. The second-order valence-corrected chi connectivity index (χ2v) is 18.1. The van der Waals surface area contributed by atoms with E-state index >= 15 is 0 Å². The first-order chi connectivity index (χ1) is 4.96. The molecule has 5 heteroatoms. The van der Waals surface area contributed by atoms with Crippen molar-refractivity contribution in [1.29, 1.82) is 0 Å². The molecule has 0 aromatic heterocycles. The molecule has 0 saturated carbocycles. The molecule has 1 nitrogen and oxygen atoms in total. The fourth-order valence-electron chi connectivity index (χ4n) is 0.527. The Kier molecular flexibility index (Phi) is 4.14. The lowest BCUT2D eigenvalue weighted by Gasteiger charge is -2.28. The summed E-state index contributed by atoms with van der Waals surface area (Å²) < 4.78 is 4.74. The zero-order valence-corrected chi connectivity index (χ0v) is 12.9. The van der Waals surface area contributed by atoms with Crippen LogP contribution in [0, 0.1) is 0 Å². The van der Waals surface area contributed by atoms with Gasteiger partial charge in [-0.25, -0.2) is 0 Å². The quantitative estimate of drug-likeness (QED) is 0.460. The SMILES string of the molecule is CC(C)(C)P(Cl)(Br)=N[Si](C)(C)C. The maximum Gasteiger partial charge on any atom is 0.173 e. The van der Waals surface area contributed by atoms with E-state index in [9.17, 15) is 0 Å². The van der Waals surface area contributed by atoms with Crippen LogP contribution < -0.4 is 0 Å². The lowest BCUT2D eigenvalue weighted by molar-refractivity contribution is 0.794. The molecule has 0 amide bonds. The molecule has 0 aliphatic heterocycles. The molecule has 0 spiro atoms. The van der Waals surface area contributed by atoms with Crippen LogP contribution in [0.2, 0.25) is 19.6 Å². The van der Waals surface area contributed by atoms with Gasteiger partial charge in [0.15, 0.2) is 8.24 Å².